The van der Waals surface area contributed by atoms with Crippen LogP contribution < -0.4 is 0 Å². The Kier molecular flexibility index (Phi) is 3.63. The zero-order valence-electron chi connectivity index (χ0n) is 12.8. The van der Waals surface area contributed by atoms with Crippen LogP contribution in [0.4, 0.5) is 0 Å². The second-order valence-electron chi connectivity index (χ2n) is 7.20. The van der Waals surface area contributed by atoms with Crippen LogP contribution in [0.3, 0.4) is 0 Å². The normalized spacial score (nSPS) is 30.3. The highest BCUT2D eigenvalue weighted by Gasteiger charge is 2.44. The Morgan fingerprint density at radius 2 is 2.05 bits per heavy atom. The molecule has 2 aliphatic carbocycles. The average Bonchev–Trinajstić information content (AvgIpc) is 2.60. The fourth-order valence-corrected chi connectivity index (χ4v) is 3.54. The minimum absolute atomic E-state index is 0.265. The van der Waals surface area contributed by atoms with Crippen molar-refractivity contribution in [2.75, 3.05) is 0 Å². The molecule has 0 aromatic heterocycles. The van der Waals surface area contributed by atoms with E-state index in [2.05, 4.69) is 19.9 Å². The fraction of sp³-hybridized carbons (Fsp3) is 0.706. The third-order valence-corrected chi connectivity index (χ3v) is 4.81. The molecule has 0 spiro atoms. The Balaban J connectivity index is 2.30. The molecular weight excluding hydrogens is 236 g/mol. The van der Waals surface area contributed by atoms with Crippen molar-refractivity contribution < 1.29 is 9.90 Å². The van der Waals surface area contributed by atoms with Crippen LogP contribution in [-0.4, -0.2) is 11.1 Å². The van der Waals surface area contributed by atoms with Crippen molar-refractivity contribution in [1.82, 2.24) is 0 Å². The Labute approximate surface area is 116 Å². The van der Waals surface area contributed by atoms with Gasteiger partial charge in [-0.1, -0.05) is 51.8 Å². The molecule has 0 aromatic carbocycles. The van der Waals surface area contributed by atoms with E-state index < -0.39 is 5.97 Å². The lowest BCUT2D eigenvalue weighted by atomic mass is 9.65. The lowest BCUT2D eigenvalue weighted by Gasteiger charge is -2.38. The van der Waals surface area contributed by atoms with Gasteiger partial charge in [0.2, 0.25) is 0 Å². The first-order valence-corrected chi connectivity index (χ1v) is 7.43. The average molecular weight is 262 g/mol. The number of carboxylic acids is 1. The van der Waals surface area contributed by atoms with E-state index in [9.17, 15) is 9.90 Å². The van der Waals surface area contributed by atoms with Gasteiger partial charge in [-0.25, -0.2) is 4.79 Å². The van der Waals surface area contributed by atoms with Crippen LogP contribution in [0.5, 0.6) is 0 Å². The van der Waals surface area contributed by atoms with Gasteiger partial charge in [-0.3, -0.25) is 0 Å². The highest BCUT2D eigenvalue weighted by molar-refractivity contribution is 5.89. The zero-order chi connectivity index (χ0) is 14.4. The lowest BCUT2D eigenvalue weighted by molar-refractivity contribution is -0.133. The van der Waals surface area contributed by atoms with Crippen LogP contribution in [0, 0.1) is 23.2 Å². The number of carbonyl (C=O) groups is 1. The molecule has 0 amide bonds. The molecule has 1 saturated carbocycles. The van der Waals surface area contributed by atoms with Gasteiger partial charge in [-0.15, -0.1) is 0 Å². The summed E-state index contributed by atoms with van der Waals surface area (Å²) in [6.07, 6.45) is 5.71. The van der Waals surface area contributed by atoms with Crippen LogP contribution >= 0.6 is 0 Å². The van der Waals surface area contributed by atoms with Crippen LogP contribution in [0.15, 0.2) is 22.8 Å². The second-order valence-corrected chi connectivity index (χ2v) is 7.20. The number of hydrogen-bond donors (Lipinski definition) is 1. The topological polar surface area (TPSA) is 37.3 Å². The van der Waals surface area contributed by atoms with Gasteiger partial charge in [-0.2, -0.15) is 0 Å². The summed E-state index contributed by atoms with van der Waals surface area (Å²) >= 11 is 0. The first-order chi connectivity index (χ1) is 8.75. The summed E-state index contributed by atoms with van der Waals surface area (Å²) in [5, 5.41) is 9.51. The minimum atomic E-state index is -0.730. The van der Waals surface area contributed by atoms with E-state index in [4.69, 9.17) is 0 Å². The van der Waals surface area contributed by atoms with Crippen molar-refractivity contribution >= 4 is 5.97 Å². The molecule has 1 fully saturated rings. The minimum Gasteiger partial charge on any atom is -0.478 e. The second kappa shape index (κ2) is 4.81. The molecule has 2 heteroatoms. The number of allylic oxidation sites excluding steroid dienone is 3. The standard InChI is InChI=1S/C17H26O2/c1-6-10(2)11-7-12-9-14(13(12)8-11)15(16(18)19)17(3,4)5/h8,10,12-13H,6-7,9H2,1-5H3,(H,18,19)/b15-14-/t10?,12-,13-/m0/s1. The summed E-state index contributed by atoms with van der Waals surface area (Å²) in [5.41, 5.74) is 3.11. The Hall–Kier alpha value is -1.05. The molecule has 0 radical (unpaired) electrons. The highest BCUT2D eigenvalue weighted by Crippen LogP contribution is 2.54. The molecule has 0 bridgehead atoms. The number of aliphatic carboxylic acids is 1. The molecule has 1 unspecified atom stereocenters. The van der Waals surface area contributed by atoms with Gasteiger partial charge >= 0.3 is 5.97 Å². The predicted octanol–water partition coefficient (Wildman–Crippen LogP) is 4.43. The summed E-state index contributed by atoms with van der Waals surface area (Å²) in [6, 6.07) is 0. The maximum Gasteiger partial charge on any atom is 0.332 e. The first kappa shape index (κ1) is 14.4. The van der Waals surface area contributed by atoms with E-state index in [0.29, 0.717) is 23.3 Å². The molecule has 2 aliphatic rings. The monoisotopic (exact) mass is 262 g/mol. The van der Waals surface area contributed by atoms with E-state index in [1.807, 2.05) is 20.8 Å². The molecule has 2 rings (SSSR count). The third-order valence-electron chi connectivity index (χ3n) is 4.81. The lowest BCUT2D eigenvalue weighted by Crippen LogP contribution is -2.31. The molecule has 19 heavy (non-hydrogen) atoms. The highest BCUT2D eigenvalue weighted by atomic mass is 16.4. The molecule has 0 aliphatic heterocycles. The quantitative estimate of drug-likeness (QED) is 0.603. The van der Waals surface area contributed by atoms with E-state index in [1.54, 1.807) is 5.57 Å². The van der Waals surface area contributed by atoms with Crippen molar-refractivity contribution in [3.63, 3.8) is 0 Å². The Bertz CT molecular complexity index is 448. The van der Waals surface area contributed by atoms with Gasteiger partial charge in [0.05, 0.1) is 0 Å². The molecule has 0 heterocycles. The van der Waals surface area contributed by atoms with Gasteiger partial charge in [0.25, 0.3) is 0 Å². The molecule has 0 aromatic rings. The Morgan fingerprint density at radius 3 is 2.53 bits per heavy atom. The smallest absolute Gasteiger partial charge is 0.332 e. The number of rotatable bonds is 3. The van der Waals surface area contributed by atoms with E-state index in [-0.39, 0.29) is 5.41 Å². The fourth-order valence-electron chi connectivity index (χ4n) is 3.54. The van der Waals surface area contributed by atoms with Gasteiger partial charge < -0.3 is 5.11 Å². The molecule has 0 saturated heterocycles. The number of fused-ring (bicyclic) bond motifs is 1. The van der Waals surface area contributed by atoms with Crippen molar-refractivity contribution in [3.05, 3.63) is 22.8 Å². The molecular formula is C17H26O2. The molecule has 1 N–H and O–H groups in total. The summed E-state index contributed by atoms with van der Waals surface area (Å²) in [4.78, 5) is 11.6. The van der Waals surface area contributed by atoms with Crippen molar-refractivity contribution in [3.8, 4) is 0 Å². The van der Waals surface area contributed by atoms with Gasteiger partial charge in [0, 0.05) is 11.5 Å². The maximum atomic E-state index is 11.6. The van der Waals surface area contributed by atoms with Gasteiger partial charge in [-0.05, 0) is 36.5 Å². The number of carboxylic acid groups (broad SMARTS) is 1. The van der Waals surface area contributed by atoms with E-state index in [1.165, 1.54) is 18.4 Å². The van der Waals surface area contributed by atoms with Crippen LogP contribution in [0.25, 0.3) is 0 Å². The molecule has 3 atom stereocenters. The summed E-state index contributed by atoms with van der Waals surface area (Å²) < 4.78 is 0. The number of hydrogen-bond acceptors (Lipinski definition) is 1. The predicted molar refractivity (Wildman–Crippen MR) is 77.9 cm³/mol. The summed E-state index contributed by atoms with van der Waals surface area (Å²) in [5.74, 6) is 1.01. The van der Waals surface area contributed by atoms with E-state index in [0.717, 1.165) is 6.42 Å². The maximum absolute atomic E-state index is 11.6. The first-order valence-electron chi connectivity index (χ1n) is 7.43. The Morgan fingerprint density at radius 1 is 1.42 bits per heavy atom. The van der Waals surface area contributed by atoms with Gasteiger partial charge in [0.15, 0.2) is 0 Å². The van der Waals surface area contributed by atoms with Crippen molar-refractivity contribution in [1.29, 1.82) is 0 Å². The van der Waals surface area contributed by atoms with E-state index >= 15 is 0 Å². The molecule has 106 valence electrons. The summed E-state index contributed by atoms with van der Waals surface area (Å²) in [6.45, 7) is 10.5. The van der Waals surface area contributed by atoms with Crippen molar-refractivity contribution in [2.24, 2.45) is 23.2 Å². The largest absolute Gasteiger partial charge is 0.478 e. The van der Waals surface area contributed by atoms with Crippen LogP contribution in [-0.2, 0) is 4.79 Å². The third kappa shape index (κ3) is 2.50. The van der Waals surface area contributed by atoms with Gasteiger partial charge in [0.1, 0.15) is 0 Å². The molecule has 2 nitrogen and oxygen atoms in total. The summed E-state index contributed by atoms with van der Waals surface area (Å²) in [7, 11) is 0. The zero-order valence-corrected chi connectivity index (χ0v) is 12.8. The van der Waals surface area contributed by atoms with Crippen molar-refractivity contribution in [2.45, 2.75) is 53.9 Å². The van der Waals surface area contributed by atoms with Crippen LogP contribution in [0.2, 0.25) is 0 Å². The van der Waals surface area contributed by atoms with Crippen LogP contribution in [0.1, 0.15) is 53.9 Å². The SMILES string of the molecule is CCC(C)C1=C[C@@H]2/C(=C(/C(=O)O)C(C)(C)C)C[C@@H]2C1.